The number of carbonyl (C=O) groups is 1. The Morgan fingerprint density at radius 1 is 1.27 bits per heavy atom. The zero-order valence-corrected chi connectivity index (χ0v) is 12.1. The first-order valence-electron chi connectivity index (χ1n) is 6.69. The third-order valence-corrected chi connectivity index (χ3v) is 4.25. The predicted octanol–water partition coefficient (Wildman–Crippen LogP) is 3.50. The van der Waals surface area contributed by atoms with Crippen LogP contribution in [0.15, 0.2) is 24.3 Å². The summed E-state index contributed by atoms with van der Waals surface area (Å²) < 4.78 is 28.1. The van der Waals surface area contributed by atoms with E-state index in [-0.39, 0.29) is 16.1 Å². The van der Waals surface area contributed by atoms with Crippen LogP contribution >= 0.6 is 11.6 Å². The molecule has 0 radical (unpaired) electrons. The first-order valence-corrected chi connectivity index (χ1v) is 7.07. The van der Waals surface area contributed by atoms with Crippen molar-refractivity contribution in [3.05, 3.63) is 63.2 Å². The van der Waals surface area contributed by atoms with Crippen molar-refractivity contribution < 1.29 is 18.7 Å². The number of amides is 1. The van der Waals surface area contributed by atoms with Crippen LogP contribution in [0.2, 0.25) is 5.02 Å². The highest BCUT2D eigenvalue weighted by Crippen LogP contribution is 2.45. The molecule has 22 heavy (non-hydrogen) atoms. The highest BCUT2D eigenvalue weighted by atomic mass is 35.5. The highest BCUT2D eigenvalue weighted by molar-refractivity contribution is 6.30. The molecule has 0 aliphatic heterocycles. The van der Waals surface area contributed by atoms with E-state index >= 15 is 0 Å². The van der Waals surface area contributed by atoms with Crippen LogP contribution in [0.5, 0.6) is 5.75 Å². The van der Waals surface area contributed by atoms with Crippen LogP contribution in [0, 0.1) is 11.6 Å². The molecule has 0 heterocycles. The molecule has 6 heteroatoms. The van der Waals surface area contributed by atoms with E-state index in [0.717, 1.165) is 12.1 Å². The maximum absolute atomic E-state index is 14.2. The Morgan fingerprint density at radius 2 is 2.00 bits per heavy atom. The van der Waals surface area contributed by atoms with Crippen molar-refractivity contribution in [2.24, 2.45) is 5.73 Å². The number of fused-ring (bicyclic) bond motifs is 1. The number of benzene rings is 2. The minimum Gasteiger partial charge on any atom is -0.507 e. The number of nitrogens with two attached hydrogens (primary N) is 1. The topological polar surface area (TPSA) is 63.3 Å². The first kappa shape index (κ1) is 14.8. The molecule has 0 saturated carbocycles. The Morgan fingerprint density at radius 3 is 2.68 bits per heavy atom. The number of hydrogen-bond donors (Lipinski definition) is 2. The second kappa shape index (κ2) is 5.25. The van der Waals surface area contributed by atoms with Crippen molar-refractivity contribution in [3.63, 3.8) is 0 Å². The van der Waals surface area contributed by atoms with Crippen molar-refractivity contribution in [1.29, 1.82) is 0 Å². The molecule has 3 nitrogen and oxygen atoms in total. The average molecular weight is 324 g/mol. The molecule has 3 rings (SSSR count). The third-order valence-electron chi connectivity index (χ3n) is 4.03. The SMILES string of the molecule is NC(=O)c1ccc(F)c([C@@H]2CCc3c(F)cc(Cl)cc32)c1O. The molecule has 1 atom stereocenters. The van der Waals surface area contributed by atoms with Crippen molar-refractivity contribution in [3.8, 4) is 5.75 Å². The summed E-state index contributed by atoms with van der Waals surface area (Å²) in [5.74, 6) is -3.03. The molecule has 1 amide bonds. The van der Waals surface area contributed by atoms with Gasteiger partial charge < -0.3 is 10.8 Å². The van der Waals surface area contributed by atoms with Gasteiger partial charge in [0, 0.05) is 16.5 Å². The minimum atomic E-state index is -0.853. The van der Waals surface area contributed by atoms with Gasteiger partial charge in [-0.1, -0.05) is 11.6 Å². The molecule has 114 valence electrons. The predicted molar refractivity (Wildman–Crippen MR) is 78.2 cm³/mol. The quantitative estimate of drug-likeness (QED) is 0.888. The minimum absolute atomic E-state index is 0.0447. The Kier molecular flexibility index (Phi) is 3.53. The summed E-state index contributed by atoms with van der Waals surface area (Å²) in [4.78, 5) is 11.3. The van der Waals surface area contributed by atoms with Gasteiger partial charge in [-0.25, -0.2) is 8.78 Å². The fourth-order valence-corrected chi connectivity index (χ4v) is 3.27. The largest absolute Gasteiger partial charge is 0.507 e. The van der Waals surface area contributed by atoms with Crippen LogP contribution in [0.3, 0.4) is 0 Å². The summed E-state index contributed by atoms with van der Waals surface area (Å²) in [6.07, 6.45) is 0.821. The molecule has 0 saturated heterocycles. The van der Waals surface area contributed by atoms with Gasteiger partial charge in [0.05, 0.1) is 5.56 Å². The smallest absolute Gasteiger partial charge is 0.252 e. The fourth-order valence-electron chi connectivity index (χ4n) is 3.06. The Hall–Kier alpha value is -2.14. The Labute approximate surface area is 130 Å². The summed E-state index contributed by atoms with van der Waals surface area (Å²) in [7, 11) is 0. The summed E-state index contributed by atoms with van der Waals surface area (Å²) >= 11 is 5.87. The van der Waals surface area contributed by atoms with Gasteiger partial charge in [0.25, 0.3) is 5.91 Å². The van der Waals surface area contributed by atoms with Crippen molar-refractivity contribution >= 4 is 17.5 Å². The summed E-state index contributed by atoms with van der Waals surface area (Å²) in [6.45, 7) is 0. The van der Waals surface area contributed by atoms with E-state index < -0.39 is 29.2 Å². The van der Waals surface area contributed by atoms with Gasteiger partial charge in [-0.3, -0.25) is 4.79 Å². The van der Waals surface area contributed by atoms with E-state index in [2.05, 4.69) is 0 Å². The number of phenols is 1. The van der Waals surface area contributed by atoms with Gasteiger partial charge in [-0.05, 0) is 48.2 Å². The first-order chi connectivity index (χ1) is 10.4. The van der Waals surface area contributed by atoms with E-state index in [9.17, 15) is 18.7 Å². The molecule has 1 aliphatic carbocycles. The molecule has 3 N–H and O–H groups in total. The van der Waals surface area contributed by atoms with E-state index in [0.29, 0.717) is 24.0 Å². The molecular formula is C16H12ClF2NO2. The number of rotatable bonds is 2. The summed E-state index contributed by atoms with van der Waals surface area (Å²) in [5, 5.41) is 10.4. The molecule has 0 fully saturated rings. The number of hydrogen-bond acceptors (Lipinski definition) is 2. The van der Waals surface area contributed by atoms with Crippen molar-refractivity contribution in [1.82, 2.24) is 0 Å². The standard InChI is InChI=1S/C16H12ClF2NO2/c17-7-5-11-8(13(19)6-7)1-2-9(11)14-12(18)4-3-10(15(14)21)16(20)22/h3-6,9,21H,1-2H2,(H2,20,22)/t9-/m1/s1. The second-order valence-corrected chi connectivity index (χ2v) is 5.70. The van der Waals surface area contributed by atoms with Gasteiger partial charge in [0.2, 0.25) is 0 Å². The number of carbonyl (C=O) groups excluding carboxylic acids is 1. The monoisotopic (exact) mass is 323 g/mol. The lowest BCUT2D eigenvalue weighted by molar-refractivity contribution is 0.0997. The highest BCUT2D eigenvalue weighted by Gasteiger charge is 2.32. The van der Waals surface area contributed by atoms with Crippen molar-refractivity contribution in [2.45, 2.75) is 18.8 Å². The number of aromatic hydroxyl groups is 1. The molecule has 0 unspecified atom stereocenters. The van der Waals surface area contributed by atoms with E-state index in [1.54, 1.807) is 6.07 Å². The molecule has 1 aliphatic rings. The van der Waals surface area contributed by atoms with Crippen LogP contribution < -0.4 is 5.73 Å². The van der Waals surface area contributed by atoms with Gasteiger partial charge in [-0.15, -0.1) is 0 Å². The van der Waals surface area contributed by atoms with E-state index in [1.165, 1.54) is 6.07 Å². The van der Waals surface area contributed by atoms with Crippen LogP contribution in [-0.2, 0) is 6.42 Å². The van der Waals surface area contributed by atoms with Crippen LogP contribution in [0.4, 0.5) is 8.78 Å². The zero-order valence-electron chi connectivity index (χ0n) is 11.4. The Bertz CT molecular complexity index is 792. The maximum Gasteiger partial charge on any atom is 0.252 e. The van der Waals surface area contributed by atoms with E-state index in [4.69, 9.17) is 17.3 Å². The van der Waals surface area contributed by atoms with Gasteiger partial charge >= 0.3 is 0 Å². The van der Waals surface area contributed by atoms with E-state index in [1.807, 2.05) is 0 Å². The molecule has 0 bridgehead atoms. The molecule has 2 aromatic rings. The molecule has 0 spiro atoms. The van der Waals surface area contributed by atoms with Gasteiger partial charge in [0.15, 0.2) is 0 Å². The lowest BCUT2D eigenvalue weighted by Gasteiger charge is -2.17. The second-order valence-electron chi connectivity index (χ2n) is 5.27. The average Bonchev–Trinajstić information content (AvgIpc) is 2.82. The van der Waals surface area contributed by atoms with Crippen LogP contribution in [0.25, 0.3) is 0 Å². The molecular weight excluding hydrogens is 312 g/mol. The lowest BCUT2D eigenvalue weighted by atomic mass is 9.90. The van der Waals surface area contributed by atoms with Crippen molar-refractivity contribution in [2.75, 3.05) is 0 Å². The summed E-state index contributed by atoms with van der Waals surface area (Å²) in [5.41, 5.74) is 5.95. The number of halogens is 3. The van der Waals surface area contributed by atoms with Gasteiger partial charge in [-0.2, -0.15) is 0 Å². The Balaban J connectivity index is 2.20. The zero-order chi connectivity index (χ0) is 16.0. The summed E-state index contributed by atoms with van der Waals surface area (Å²) in [6, 6.07) is 4.98. The normalized spacial score (nSPS) is 16.6. The maximum atomic E-state index is 14.2. The van der Waals surface area contributed by atoms with Gasteiger partial charge in [0.1, 0.15) is 17.4 Å². The van der Waals surface area contributed by atoms with Crippen LogP contribution in [0.1, 0.15) is 39.4 Å². The van der Waals surface area contributed by atoms with Crippen LogP contribution in [-0.4, -0.2) is 11.0 Å². The molecule has 0 aromatic heterocycles. The lowest BCUT2D eigenvalue weighted by Crippen LogP contribution is -2.13. The third kappa shape index (κ3) is 2.22. The number of primary amides is 1. The fraction of sp³-hybridized carbons (Fsp3) is 0.188. The molecule has 2 aromatic carbocycles.